The van der Waals surface area contributed by atoms with Crippen molar-refractivity contribution in [2.75, 3.05) is 6.61 Å². The van der Waals surface area contributed by atoms with Gasteiger partial charge in [-0.15, -0.1) is 0 Å². The van der Waals surface area contributed by atoms with Crippen molar-refractivity contribution in [1.82, 2.24) is 0 Å². The van der Waals surface area contributed by atoms with Gasteiger partial charge in [0, 0.05) is 0 Å². The molecule has 2 rings (SSSR count). The minimum Gasteiger partial charge on any atom is -0.266 e. The number of hydrogen-bond acceptors (Lipinski definition) is 3. The first kappa shape index (κ1) is 26.9. The van der Waals surface area contributed by atoms with Crippen LogP contribution in [0, 0.1) is 0 Å². The summed E-state index contributed by atoms with van der Waals surface area (Å²) < 4.78 is 31.1. The zero-order valence-electron chi connectivity index (χ0n) is 20.4. The Morgan fingerprint density at radius 1 is 0.688 bits per heavy atom. The molecule has 0 heterocycles. The van der Waals surface area contributed by atoms with Crippen LogP contribution in [0.5, 0.6) is 0 Å². The first-order valence-corrected chi connectivity index (χ1v) is 14.4. The average molecular weight is 461 g/mol. The summed E-state index contributed by atoms with van der Waals surface area (Å²) in [6, 6.07) is 11.7. The summed E-state index contributed by atoms with van der Waals surface area (Å²) >= 11 is 0. The van der Waals surface area contributed by atoms with Crippen molar-refractivity contribution < 1.29 is 12.6 Å². The standard InChI is InChI=1S/C28H44O3S/c1-3-5-7-9-11-13-15-19-25-23-27(24-26-20-16-17-21-28(25)26)32(29,30)31-22-18-14-12-10-8-6-4-2/h16-17,20-21,23-24H,3-15,18-19,22H2,1-2H3. The molecule has 0 aliphatic carbocycles. The first-order valence-electron chi connectivity index (χ1n) is 13.0. The molecule has 0 saturated carbocycles. The maximum Gasteiger partial charge on any atom is 0.297 e. The fourth-order valence-corrected chi connectivity index (χ4v) is 5.31. The van der Waals surface area contributed by atoms with Crippen molar-refractivity contribution in [2.24, 2.45) is 0 Å². The van der Waals surface area contributed by atoms with E-state index in [1.165, 1.54) is 64.2 Å². The lowest BCUT2D eigenvalue weighted by Crippen LogP contribution is -2.08. The van der Waals surface area contributed by atoms with Crippen molar-refractivity contribution in [3.63, 3.8) is 0 Å². The third-order valence-corrected chi connectivity index (χ3v) is 7.54. The van der Waals surface area contributed by atoms with Crippen LogP contribution in [0.3, 0.4) is 0 Å². The molecule has 4 heteroatoms. The summed E-state index contributed by atoms with van der Waals surface area (Å²) in [6.07, 6.45) is 17.7. The van der Waals surface area contributed by atoms with Crippen LogP contribution >= 0.6 is 0 Å². The molecular weight excluding hydrogens is 416 g/mol. The molecule has 180 valence electrons. The number of benzene rings is 2. The molecule has 0 fully saturated rings. The molecular formula is C28H44O3S. The van der Waals surface area contributed by atoms with E-state index >= 15 is 0 Å². The van der Waals surface area contributed by atoms with Crippen LogP contribution in [0.15, 0.2) is 41.3 Å². The highest BCUT2D eigenvalue weighted by Crippen LogP contribution is 2.26. The molecule has 0 atom stereocenters. The summed E-state index contributed by atoms with van der Waals surface area (Å²) in [4.78, 5) is 0.303. The van der Waals surface area contributed by atoms with E-state index in [1.54, 1.807) is 6.07 Å². The molecule has 0 bridgehead atoms. The zero-order valence-corrected chi connectivity index (χ0v) is 21.2. The van der Waals surface area contributed by atoms with Crippen molar-refractivity contribution >= 4 is 20.9 Å². The minimum atomic E-state index is -3.72. The van der Waals surface area contributed by atoms with Gasteiger partial charge in [0.2, 0.25) is 0 Å². The van der Waals surface area contributed by atoms with Gasteiger partial charge in [0.1, 0.15) is 0 Å². The van der Waals surface area contributed by atoms with Gasteiger partial charge < -0.3 is 0 Å². The zero-order chi connectivity index (χ0) is 23.1. The van der Waals surface area contributed by atoms with Crippen LogP contribution in [0.2, 0.25) is 0 Å². The maximum atomic E-state index is 12.9. The molecule has 0 aliphatic heterocycles. The van der Waals surface area contributed by atoms with Crippen LogP contribution < -0.4 is 0 Å². The van der Waals surface area contributed by atoms with Crippen molar-refractivity contribution in [3.05, 3.63) is 42.0 Å². The van der Waals surface area contributed by atoms with E-state index in [4.69, 9.17) is 4.18 Å². The fourth-order valence-electron chi connectivity index (χ4n) is 4.28. The number of fused-ring (bicyclic) bond motifs is 1. The van der Waals surface area contributed by atoms with E-state index in [0.717, 1.165) is 48.4 Å². The van der Waals surface area contributed by atoms with Crippen LogP contribution in [0.25, 0.3) is 10.8 Å². The normalized spacial score (nSPS) is 11.9. The van der Waals surface area contributed by atoms with Gasteiger partial charge in [-0.1, -0.05) is 115 Å². The molecule has 2 aromatic rings. The second-order valence-electron chi connectivity index (χ2n) is 9.07. The largest absolute Gasteiger partial charge is 0.297 e. The molecule has 0 unspecified atom stereocenters. The van der Waals surface area contributed by atoms with Gasteiger partial charge in [-0.05, 0) is 47.7 Å². The van der Waals surface area contributed by atoms with E-state index in [0.29, 0.717) is 4.90 Å². The van der Waals surface area contributed by atoms with Gasteiger partial charge in [0.15, 0.2) is 0 Å². The van der Waals surface area contributed by atoms with Crippen molar-refractivity contribution in [2.45, 2.75) is 115 Å². The van der Waals surface area contributed by atoms with Gasteiger partial charge in [-0.25, -0.2) is 0 Å². The number of aryl methyl sites for hydroxylation is 1. The Morgan fingerprint density at radius 2 is 1.25 bits per heavy atom. The Kier molecular flexibility index (Phi) is 13.0. The van der Waals surface area contributed by atoms with Gasteiger partial charge in [0.25, 0.3) is 10.1 Å². The highest BCUT2D eigenvalue weighted by atomic mass is 32.2. The van der Waals surface area contributed by atoms with E-state index in [-0.39, 0.29) is 6.61 Å². The van der Waals surface area contributed by atoms with E-state index in [2.05, 4.69) is 19.9 Å². The second-order valence-corrected chi connectivity index (χ2v) is 10.7. The number of hydrogen-bond donors (Lipinski definition) is 0. The van der Waals surface area contributed by atoms with E-state index in [1.807, 2.05) is 24.3 Å². The van der Waals surface area contributed by atoms with E-state index in [9.17, 15) is 8.42 Å². The Morgan fingerprint density at radius 3 is 1.91 bits per heavy atom. The smallest absolute Gasteiger partial charge is 0.266 e. The highest BCUT2D eigenvalue weighted by molar-refractivity contribution is 7.86. The second kappa shape index (κ2) is 15.4. The highest BCUT2D eigenvalue weighted by Gasteiger charge is 2.17. The number of rotatable bonds is 18. The average Bonchev–Trinajstić information content (AvgIpc) is 2.80. The first-order chi connectivity index (χ1) is 15.6. The Balaban J connectivity index is 1.92. The Bertz CT molecular complexity index is 873. The summed E-state index contributed by atoms with van der Waals surface area (Å²) in [5, 5.41) is 2.13. The van der Waals surface area contributed by atoms with Crippen molar-refractivity contribution in [3.8, 4) is 0 Å². The molecule has 0 aliphatic rings. The molecule has 0 saturated heterocycles. The fraction of sp³-hybridized carbons (Fsp3) is 0.643. The van der Waals surface area contributed by atoms with E-state index < -0.39 is 10.1 Å². The van der Waals surface area contributed by atoms with Crippen LogP contribution in [-0.2, 0) is 20.7 Å². The molecule has 0 radical (unpaired) electrons. The predicted octanol–water partition coefficient (Wildman–Crippen LogP) is 8.59. The van der Waals surface area contributed by atoms with Crippen LogP contribution in [-0.4, -0.2) is 15.0 Å². The monoisotopic (exact) mass is 460 g/mol. The molecule has 0 spiro atoms. The Labute approximate surface area is 197 Å². The third kappa shape index (κ3) is 9.62. The molecule has 2 aromatic carbocycles. The lowest BCUT2D eigenvalue weighted by molar-refractivity contribution is 0.306. The van der Waals surface area contributed by atoms with Crippen LogP contribution in [0.1, 0.15) is 109 Å². The predicted molar refractivity (Wildman–Crippen MR) is 137 cm³/mol. The van der Waals surface area contributed by atoms with Crippen LogP contribution in [0.4, 0.5) is 0 Å². The maximum absolute atomic E-state index is 12.9. The van der Waals surface area contributed by atoms with Gasteiger partial charge in [-0.2, -0.15) is 8.42 Å². The number of unbranched alkanes of at least 4 members (excludes halogenated alkanes) is 12. The summed E-state index contributed by atoms with van der Waals surface area (Å²) in [5.41, 5.74) is 1.12. The molecule has 32 heavy (non-hydrogen) atoms. The molecule has 0 aromatic heterocycles. The van der Waals surface area contributed by atoms with Gasteiger partial charge >= 0.3 is 0 Å². The molecule has 0 N–H and O–H groups in total. The Hall–Kier alpha value is -1.39. The third-order valence-electron chi connectivity index (χ3n) is 6.25. The topological polar surface area (TPSA) is 43.4 Å². The van der Waals surface area contributed by atoms with Gasteiger partial charge in [0.05, 0.1) is 11.5 Å². The SMILES string of the molecule is CCCCCCCCCOS(=O)(=O)c1cc(CCCCCCCCC)c2ccccc2c1. The summed E-state index contributed by atoms with van der Waals surface area (Å²) in [6.45, 7) is 4.73. The lowest BCUT2D eigenvalue weighted by atomic mass is 9.99. The molecule has 3 nitrogen and oxygen atoms in total. The molecule has 0 amide bonds. The van der Waals surface area contributed by atoms with Gasteiger partial charge in [-0.3, -0.25) is 4.18 Å². The van der Waals surface area contributed by atoms with Crippen molar-refractivity contribution in [1.29, 1.82) is 0 Å². The minimum absolute atomic E-state index is 0.274. The lowest BCUT2D eigenvalue weighted by Gasteiger charge is -2.12. The summed E-state index contributed by atoms with van der Waals surface area (Å²) in [7, 11) is -3.72. The summed E-state index contributed by atoms with van der Waals surface area (Å²) in [5.74, 6) is 0. The quantitative estimate of drug-likeness (QED) is 0.165.